The van der Waals surface area contributed by atoms with E-state index in [0.29, 0.717) is 13.1 Å². The number of aromatic nitrogens is 2. The van der Waals surface area contributed by atoms with Crippen molar-refractivity contribution in [2.75, 3.05) is 18.4 Å². The van der Waals surface area contributed by atoms with Crippen LogP contribution in [0.15, 0.2) is 11.0 Å². The lowest BCUT2D eigenvalue weighted by Crippen LogP contribution is -2.17. The van der Waals surface area contributed by atoms with Gasteiger partial charge in [-0.05, 0) is 6.92 Å². The molecule has 0 amide bonds. The summed E-state index contributed by atoms with van der Waals surface area (Å²) in [6.45, 7) is 3.04. The molecule has 1 aromatic heterocycles. The van der Waals surface area contributed by atoms with Crippen molar-refractivity contribution < 1.29 is 0 Å². The van der Waals surface area contributed by atoms with Crippen molar-refractivity contribution in [3.8, 4) is 0 Å². The van der Waals surface area contributed by atoms with Crippen LogP contribution in [0, 0.1) is 6.92 Å². The lowest BCUT2D eigenvalue weighted by molar-refractivity contribution is 0.983. The molecule has 66 valence electrons. The van der Waals surface area contributed by atoms with Crippen LogP contribution in [0.1, 0.15) is 5.69 Å². The van der Waals surface area contributed by atoms with Gasteiger partial charge in [-0.1, -0.05) is 0 Å². The highest BCUT2D eigenvalue weighted by atomic mass is 16.1. The molecule has 4 N–H and O–H groups in total. The van der Waals surface area contributed by atoms with E-state index in [9.17, 15) is 4.79 Å². The maximum absolute atomic E-state index is 10.7. The van der Waals surface area contributed by atoms with Crippen molar-refractivity contribution >= 4 is 5.69 Å². The number of aryl methyl sites for hydroxylation is 1. The molecule has 0 unspecified atom stereocenters. The van der Waals surface area contributed by atoms with Crippen LogP contribution in [0.25, 0.3) is 0 Å². The number of rotatable bonds is 3. The summed E-state index contributed by atoms with van der Waals surface area (Å²) in [4.78, 5) is 16.9. The van der Waals surface area contributed by atoms with E-state index >= 15 is 0 Å². The molecule has 5 nitrogen and oxygen atoms in total. The van der Waals surface area contributed by atoms with E-state index in [1.807, 2.05) is 6.92 Å². The number of hydrogen-bond acceptors (Lipinski definition) is 4. The van der Waals surface area contributed by atoms with E-state index in [0.717, 1.165) is 11.4 Å². The van der Waals surface area contributed by atoms with Crippen molar-refractivity contribution in [1.82, 2.24) is 9.97 Å². The molecule has 0 fully saturated rings. The van der Waals surface area contributed by atoms with Crippen LogP contribution in [-0.4, -0.2) is 23.1 Å². The third-order valence-electron chi connectivity index (χ3n) is 1.47. The van der Waals surface area contributed by atoms with Gasteiger partial charge in [-0.25, -0.2) is 4.79 Å². The van der Waals surface area contributed by atoms with Crippen LogP contribution in [0.5, 0.6) is 0 Å². The van der Waals surface area contributed by atoms with Gasteiger partial charge in [-0.2, -0.15) is 4.98 Å². The zero-order chi connectivity index (χ0) is 8.97. The highest BCUT2D eigenvalue weighted by Gasteiger charge is 1.96. The molecule has 1 heterocycles. The van der Waals surface area contributed by atoms with E-state index < -0.39 is 0 Å². The van der Waals surface area contributed by atoms with Crippen molar-refractivity contribution in [2.24, 2.45) is 5.73 Å². The molecule has 0 aliphatic carbocycles. The van der Waals surface area contributed by atoms with Gasteiger partial charge in [0.25, 0.3) is 0 Å². The molecule has 12 heavy (non-hydrogen) atoms. The lowest BCUT2D eigenvalue weighted by atomic mass is 10.4. The lowest BCUT2D eigenvalue weighted by Gasteiger charge is -2.05. The third-order valence-corrected chi connectivity index (χ3v) is 1.47. The van der Waals surface area contributed by atoms with E-state index in [1.165, 1.54) is 6.20 Å². The number of nitrogens with two attached hydrogens (primary N) is 1. The first-order chi connectivity index (χ1) is 5.74. The first-order valence-corrected chi connectivity index (χ1v) is 3.74. The summed E-state index contributed by atoms with van der Waals surface area (Å²) in [7, 11) is 0. The number of aromatic amines is 1. The largest absolute Gasteiger partial charge is 0.381 e. The Morgan fingerprint density at radius 3 is 3.08 bits per heavy atom. The molecular formula is C7H12N4O. The summed E-state index contributed by atoms with van der Waals surface area (Å²) in [6.07, 6.45) is 1.50. The predicted octanol–water partition coefficient (Wildman–Crippen LogP) is -0.551. The van der Waals surface area contributed by atoms with Crippen LogP contribution >= 0.6 is 0 Å². The second-order valence-corrected chi connectivity index (χ2v) is 2.44. The van der Waals surface area contributed by atoms with Gasteiger partial charge >= 0.3 is 5.69 Å². The maximum atomic E-state index is 10.7. The predicted molar refractivity (Wildman–Crippen MR) is 47.1 cm³/mol. The van der Waals surface area contributed by atoms with Crippen molar-refractivity contribution in [3.05, 3.63) is 22.4 Å². The number of H-pyrrole nitrogens is 1. The number of nitrogens with one attached hydrogen (secondary N) is 2. The van der Waals surface area contributed by atoms with Gasteiger partial charge in [-0.3, -0.25) is 0 Å². The molecule has 0 aromatic carbocycles. The highest BCUT2D eigenvalue weighted by molar-refractivity contribution is 5.44. The highest BCUT2D eigenvalue weighted by Crippen LogP contribution is 2.05. The molecule has 0 aliphatic heterocycles. The van der Waals surface area contributed by atoms with Gasteiger partial charge in [0.15, 0.2) is 0 Å². The molecule has 0 bridgehead atoms. The van der Waals surface area contributed by atoms with E-state index in [1.54, 1.807) is 0 Å². The Kier molecular flexibility index (Phi) is 2.82. The van der Waals surface area contributed by atoms with Gasteiger partial charge in [0.05, 0.1) is 11.9 Å². The first kappa shape index (κ1) is 8.73. The van der Waals surface area contributed by atoms with Crippen LogP contribution in [0.3, 0.4) is 0 Å². The maximum Gasteiger partial charge on any atom is 0.345 e. The molecule has 0 atom stereocenters. The standard InChI is InChI=1S/C7H12N4O/c1-5-6(9-3-2-8)4-10-7(12)11-5/h4,9H,2-3,8H2,1H3,(H,10,11,12). The monoisotopic (exact) mass is 168 g/mol. The van der Waals surface area contributed by atoms with Crippen LogP contribution < -0.4 is 16.7 Å². The van der Waals surface area contributed by atoms with Gasteiger partial charge in [0.2, 0.25) is 0 Å². The summed E-state index contributed by atoms with van der Waals surface area (Å²) >= 11 is 0. The van der Waals surface area contributed by atoms with Gasteiger partial charge in [0.1, 0.15) is 0 Å². The minimum atomic E-state index is -0.328. The summed E-state index contributed by atoms with van der Waals surface area (Å²) in [5.41, 5.74) is 6.57. The Labute approximate surface area is 70.0 Å². The Balaban J connectivity index is 2.79. The fourth-order valence-corrected chi connectivity index (χ4v) is 0.865. The summed E-state index contributed by atoms with van der Waals surface area (Å²) in [5.74, 6) is 0. The van der Waals surface area contributed by atoms with E-state index in [4.69, 9.17) is 5.73 Å². The Morgan fingerprint density at radius 2 is 2.50 bits per heavy atom. The summed E-state index contributed by atoms with van der Waals surface area (Å²) in [5, 5.41) is 3.03. The Morgan fingerprint density at radius 1 is 1.75 bits per heavy atom. The molecule has 5 heteroatoms. The van der Waals surface area contributed by atoms with E-state index in [2.05, 4.69) is 15.3 Å². The van der Waals surface area contributed by atoms with Gasteiger partial charge < -0.3 is 16.0 Å². The zero-order valence-electron chi connectivity index (χ0n) is 6.92. The minimum absolute atomic E-state index is 0.328. The molecular weight excluding hydrogens is 156 g/mol. The topological polar surface area (TPSA) is 83.8 Å². The quantitative estimate of drug-likeness (QED) is 0.565. The Hall–Kier alpha value is -1.36. The summed E-state index contributed by atoms with van der Waals surface area (Å²) < 4.78 is 0. The molecule has 1 aromatic rings. The molecule has 1 rings (SSSR count). The first-order valence-electron chi connectivity index (χ1n) is 3.74. The average molecular weight is 168 g/mol. The second-order valence-electron chi connectivity index (χ2n) is 2.44. The fraction of sp³-hybridized carbons (Fsp3) is 0.429. The van der Waals surface area contributed by atoms with Crippen molar-refractivity contribution in [1.29, 1.82) is 0 Å². The van der Waals surface area contributed by atoms with Crippen LogP contribution in [0.4, 0.5) is 5.69 Å². The molecule has 0 radical (unpaired) electrons. The smallest absolute Gasteiger partial charge is 0.345 e. The molecule has 0 spiro atoms. The molecule has 0 saturated carbocycles. The van der Waals surface area contributed by atoms with Gasteiger partial charge in [0, 0.05) is 18.8 Å². The van der Waals surface area contributed by atoms with Crippen molar-refractivity contribution in [3.63, 3.8) is 0 Å². The normalized spacial score (nSPS) is 9.83. The summed E-state index contributed by atoms with van der Waals surface area (Å²) in [6, 6.07) is 0. The fourth-order valence-electron chi connectivity index (χ4n) is 0.865. The Bertz CT molecular complexity index is 307. The second kappa shape index (κ2) is 3.87. The van der Waals surface area contributed by atoms with Crippen molar-refractivity contribution in [2.45, 2.75) is 6.92 Å². The average Bonchev–Trinajstić information content (AvgIpc) is 2.03. The minimum Gasteiger partial charge on any atom is -0.381 e. The van der Waals surface area contributed by atoms with Gasteiger partial charge in [-0.15, -0.1) is 0 Å². The van der Waals surface area contributed by atoms with Crippen LogP contribution in [0.2, 0.25) is 0 Å². The molecule has 0 saturated heterocycles. The third kappa shape index (κ3) is 2.06. The van der Waals surface area contributed by atoms with Crippen LogP contribution in [-0.2, 0) is 0 Å². The number of nitrogens with zero attached hydrogens (tertiary/aromatic N) is 1. The SMILES string of the molecule is Cc1[nH]c(=O)ncc1NCCN. The molecule has 0 aliphatic rings. The number of anilines is 1. The zero-order valence-corrected chi connectivity index (χ0v) is 6.92. The van der Waals surface area contributed by atoms with E-state index in [-0.39, 0.29) is 5.69 Å². The number of hydrogen-bond donors (Lipinski definition) is 3.